The van der Waals surface area contributed by atoms with Crippen molar-refractivity contribution >= 4 is 23.2 Å². The number of ether oxygens (including phenoxy) is 2. The van der Waals surface area contributed by atoms with Crippen molar-refractivity contribution in [3.05, 3.63) is 60.7 Å². The summed E-state index contributed by atoms with van der Waals surface area (Å²) in [6, 6.07) is 16.6. The number of anilines is 2. The van der Waals surface area contributed by atoms with Crippen LogP contribution < -0.4 is 10.0 Å². The number of aliphatic hydroxyl groups excluding tert-OH is 5. The second kappa shape index (κ2) is 10.8. The predicted molar refractivity (Wildman–Crippen MR) is 127 cm³/mol. The van der Waals surface area contributed by atoms with Crippen molar-refractivity contribution in [2.75, 3.05) is 10.0 Å². The number of benzene rings is 2. The van der Waals surface area contributed by atoms with E-state index in [-0.39, 0.29) is 12.8 Å². The van der Waals surface area contributed by atoms with Crippen LogP contribution in [-0.4, -0.2) is 91.2 Å². The van der Waals surface area contributed by atoms with Crippen LogP contribution in [0, 0.1) is 0 Å². The lowest BCUT2D eigenvalue weighted by molar-refractivity contribution is -0.340. The lowest BCUT2D eigenvalue weighted by Crippen LogP contribution is -2.64. The van der Waals surface area contributed by atoms with Crippen LogP contribution in [0.4, 0.5) is 11.4 Å². The van der Waals surface area contributed by atoms with Crippen molar-refractivity contribution in [1.82, 2.24) is 0 Å². The number of hydrogen-bond acceptors (Lipinski definition) is 10. The third-order valence-electron chi connectivity index (χ3n) is 6.41. The highest BCUT2D eigenvalue weighted by Crippen LogP contribution is 2.40. The maximum absolute atomic E-state index is 14.1. The number of para-hydroxylation sites is 2. The van der Waals surface area contributed by atoms with Gasteiger partial charge in [0.1, 0.15) is 24.4 Å². The van der Waals surface area contributed by atoms with E-state index in [1.807, 2.05) is 0 Å². The Morgan fingerprint density at radius 3 is 1.76 bits per heavy atom. The first-order valence-corrected chi connectivity index (χ1v) is 11.8. The number of rotatable bonds is 8. The molecule has 37 heavy (non-hydrogen) atoms. The molecule has 0 aromatic heterocycles. The van der Waals surface area contributed by atoms with E-state index in [4.69, 9.17) is 9.47 Å². The molecule has 12 heteroatoms. The van der Waals surface area contributed by atoms with Crippen LogP contribution in [-0.2, 0) is 19.1 Å². The number of aliphatic hydroxyl groups is 6. The molecule has 0 spiro atoms. The molecule has 2 aliphatic rings. The lowest BCUT2D eigenvalue weighted by atomic mass is 9.93. The summed E-state index contributed by atoms with van der Waals surface area (Å²) in [5, 5.41) is 62.4. The van der Waals surface area contributed by atoms with Gasteiger partial charge >= 0.3 is 0 Å². The number of hydrazine groups is 1. The van der Waals surface area contributed by atoms with E-state index in [0.717, 1.165) is 10.0 Å². The van der Waals surface area contributed by atoms with Gasteiger partial charge in [-0.15, -0.1) is 0 Å². The van der Waals surface area contributed by atoms with Gasteiger partial charge in [0, 0.05) is 0 Å². The van der Waals surface area contributed by atoms with Crippen molar-refractivity contribution in [2.24, 2.45) is 0 Å². The molecule has 2 amide bonds. The van der Waals surface area contributed by atoms with Crippen LogP contribution in [0.5, 0.6) is 0 Å². The molecule has 200 valence electrons. The van der Waals surface area contributed by atoms with Crippen LogP contribution >= 0.6 is 0 Å². The van der Waals surface area contributed by atoms with E-state index in [2.05, 4.69) is 0 Å². The van der Waals surface area contributed by atoms with E-state index in [1.54, 1.807) is 60.7 Å². The maximum Gasteiger partial charge on any atom is 0.288 e. The summed E-state index contributed by atoms with van der Waals surface area (Å²) in [5.41, 5.74) is -1.69. The fourth-order valence-electron chi connectivity index (χ4n) is 4.42. The summed E-state index contributed by atoms with van der Waals surface area (Å²) in [5.74, 6) is -1.71. The van der Waals surface area contributed by atoms with Gasteiger partial charge in [-0.05, 0) is 44.0 Å². The summed E-state index contributed by atoms with van der Waals surface area (Å²) >= 11 is 0. The number of hydrogen-bond donors (Lipinski definition) is 6. The molecule has 0 aliphatic carbocycles. The molecule has 2 aliphatic heterocycles. The van der Waals surface area contributed by atoms with Gasteiger partial charge in [0.2, 0.25) is 5.60 Å². The molecular weight excluding hydrogens is 488 g/mol. The minimum atomic E-state index is -2.35. The zero-order valence-corrected chi connectivity index (χ0v) is 19.9. The van der Waals surface area contributed by atoms with Gasteiger partial charge in [0.25, 0.3) is 11.8 Å². The molecule has 2 saturated heterocycles. The Bertz CT molecular complexity index is 1030. The molecule has 6 N–H and O–H groups in total. The quantitative estimate of drug-likeness (QED) is 0.188. The standard InChI is InChI=1S/C25H30N2O10/c1-14(28)12-13-25(37-22-19(31)17(29)18(30)20(36-22)21(32)33)23(34)26(15-8-4-2-5-9-15)27(24(25)35)16-10-6-3-7-11-16/h2-11,14,17-22,28-33H,12-13H2,1H3/t14?,17-,18-,19+,20-,22?/m0/s1. The average molecular weight is 519 g/mol. The summed E-state index contributed by atoms with van der Waals surface area (Å²) in [6.07, 6.45) is -13.1. The fraction of sp³-hybridized carbons (Fsp3) is 0.440. The van der Waals surface area contributed by atoms with Crippen molar-refractivity contribution < 1.29 is 49.7 Å². The molecule has 2 unspecified atom stereocenters. The summed E-state index contributed by atoms with van der Waals surface area (Å²) in [7, 11) is 0. The van der Waals surface area contributed by atoms with Crippen molar-refractivity contribution in [3.8, 4) is 0 Å². The monoisotopic (exact) mass is 518 g/mol. The van der Waals surface area contributed by atoms with E-state index in [9.17, 15) is 40.2 Å². The van der Waals surface area contributed by atoms with E-state index in [1.165, 1.54) is 6.92 Å². The Labute approximate surface area is 212 Å². The summed E-state index contributed by atoms with van der Waals surface area (Å²) < 4.78 is 11.2. The van der Waals surface area contributed by atoms with E-state index < -0.39 is 60.5 Å². The molecule has 2 heterocycles. The van der Waals surface area contributed by atoms with Gasteiger partial charge < -0.3 is 40.1 Å². The molecule has 2 aromatic carbocycles. The normalized spacial score (nSPS) is 28.7. The van der Waals surface area contributed by atoms with Crippen LogP contribution in [0.25, 0.3) is 0 Å². The minimum absolute atomic E-state index is 0.0667. The maximum atomic E-state index is 14.1. The summed E-state index contributed by atoms with van der Waals surface area (Å²) in [6.45, 7) is 1.46. The Morgan fingerprint density at radius 2 is 1.32 bits per heavy atom. The Hall–Kier alpha value is -2.94. The van der Waals surface area contributed by atoms with Gasteiger partial charge in [-0.25, -0.2) is 10.0 Å². The third-order valence-corrected chi connectivity index (χ3v) is 6.41. The van der Waals surface area contributed by atoms with Crippen molar-refractivity contribution in [2.45, 2.75) is 68.5 Å². The third kappa shape index (κ3) is 4.98. The molecule has 0 bridgehead atoms. The van der Waals surface area contributed by atoms with Crippen LogP contribution in [0.3, 0.4) is 0 Å². The first kappa shape index (κ1) is 27.1. The summed E-state index contributed by atoms with van der Waals surface area (Å²) in [4.78, 5) is 28.2. The molecule has 0 radical (unpaired) electrons. The average Bonchev–Trinajstić information content (AvgIpc) is 3.10. The van der Waals surface area contributed by atoms with Crippen LogP contribution in [0.1, 0.15) is 19.8 Å². The number of carbonyl (C=O) groups is 2. The number of amides is 2. The first-order valence-electron chi connectivity index (χ1n) is 11.8. The Morgan fingerprint density at radius 1 is 0.838 bits per heavy atom. The van der Waals surface area contributed by atoms with Gasteiger partial charge in [-0.1, -0.05) is 36.4 Å². The molecule has 4 rings (SSSR count). The predicted octanol–water partition coefficient (Wildman–Crippen LogP) is -0.984. The van der Waals surface area contributed by atoms with Crippen LogP contribution in [0.15, 0.2) is 60.7 Å². The van der Waals surface area contributed by atoms with Crippen LogP contribution in [0.2, 0.25) is 0 Å². The Kier molecular flexibility index (Phi) is 7.92. The second-order valence-corrected chi connectivity index (χ2v) is 9.09. The fourth-order valence-corrected chi connectivity index (χ4v) is 4.42. The van der Waals surface area contributed by atoms with Gasteiger partial charge in [0.15, 0.2) is 12.6 Å². The molecular formula is C25H30N2O10. The topological polar surface area (TPSA) is 180 Å². The van der Waals surface area contributed by atoms with E-state index in [0.29, 0.717) is 11.4 Å². The van der Waals surface area contributed by atoms with Gasteiger partial charge in [-0.3, -0.25) is 9.59 Å². The zero-order valence-electron chi connectivity index (χ0n) is 19.9. The number of nitrogens with zero attached hydrogens (tertiary/aromatic N) is 2. The highest BCUT2D eigenvalue weighted by Gasteiger charge is 2.63. The molecule has 0 saturated carbocycles. The van der Waals surface area contributed by atoms with Crippen molar-refractivity contribution in [1.29, 1.82) is 0 Å². The Balaban J connectivity index is 1.81. The lowest BCUT2D eigenvalue weighted by Gasteiger charge is -2.42. The first-order chi connectivity index (χ1) is 17.6. The molecule has 12 nitrogen and oxygen atoms in total. The largest absolute Gasteiger partial charge is 0.393 e. The van der Waals surface area contributed by atoms with E-state index >= 15 is 0 Å². The molecule has 2 fully saturated rings. The highest BCUT2D eigenvalue weighted by atomic mass is 16.7. The second-order valence-electron chi connectivity index (χ2n) is 9.09. The smallest absolute Gasteiger partial charge is 0.288 e. The van der Waals surface area contributed by atoms with Gasteiger partial charge in [0.05, 0.1) is 17.5 Å². The minimum Gasteiger partial charge on any atom is -0.393 e. The molecule has 2 aromatic rings. The van der Waals surface area contributed by atoms with Crippen molar-refractivity contribution in [3.63, 3.8) is 0 Å². The number of carbonyl (C=O) groups excluding carboxylic acids is 2. The van der Waals surface area contributed by atoms with Gasteiger partial charge in [-0.2, -0.15) is 0 Å². The zero-order chi connectivity index (χ0) is 26.9. The molecule has 6 atom stereocenters. The SMILES string of the molecule is CC(O)CCC1(OC2O[C@H](C(O)O)[C@@H](O)[C@H](O)[C@H]2O)C(=O)N(c2ccccc2)N(c2ccccc2)C1=O. The highest BCUT2D eigenvalue weighted by molar-refractivity contribution is 6.28.